The van der Waals surface area contributed by atoms with Crippen molar-refractivity contribution in [2.75, 3.05) is 0 Å². The molecular formula is C6H15NO. The zero-order chi connectivity index (χ0) is 5.54. The van der Waals surface area contributed by atoms with Crippen molar-refractivity contribution < 1.29 is 4.79 Å². The molecule has 0 bridgehead atoms. The van der Waals surface area contributed by atoms with Gasteiger partial charge in [-0.2, -0.15) is 0 Å². The van der Waals surface area contributed by atoms with Crippen molar-refractivity contribution in [2.24, 2.45) is 0 Å². The van der Waals surface area contributed by atoms with Gasteiger partial charge in [-0.3, -0.25) is 0 Å². The average molecular weight is 117 g/mol. The quantitative estimate of drug-likeness (QED) is 0.451. The fourth-order valence-corrected chi connectivity index (χ4v) is 0.478. The number of aldehydes is 1. The molecule has 0 radical (unpaired) electrons. The minimum Gasteiger partial charge on any atom is -0.344 e. The van der Waals surface area contributed by atoms with Crippen LogP contribution in [0.3, 0.4) is 0 Å². The molecule has 0 spiro atoms. The molecule has 0 atom stereocenters. The van der Waals surface area contributed by atoms with E-state index < -0.39 is 0 Å². The van der Waals surface area contributed by atoms with Crippen LogP contribution in [0.5, 0.6) is 0 Å². The van der Waals surface area contributed by atoms with Gasteiger partial charge in [-0.1, -0.05) is 19.8 Å². The third-order valence-electron chi connectivity index (χ3n) is 0.926. The summed E-state index contributed by atoms with van der Waals surface area (Å²) in [5, 5.41) is 0. The Balaban J connectivity index is 0. The van der Waals surface area contributed by atoms with E-state index in [0.717, 1.165) is 19.1 Å². The lowest BCUT2D eigenvalue weighted by Crippen LogP contribution is -1.73. The normalized spacial score (nSPS) is 7.62. The molecule has 0 amide bonds. The van der Waals surface area contributed by atoms with E-state index in [1.165, 1.54) is 12.8 Å². The van der Waals surface area contributed by atoms with Crippen LogP contribution >= 0.6 is 0 Å². The van der Waals surface area contributed by atoms with Gasteiger partial charge in [0.2, 0.25) is 0 Å². The van der Waals surface area contributed by atoms with E-state index in [9.17, 15) is 4.79 Å². The predicted molar refractivity (Wildman–Crippen MR) is 35.2 cm³/mol. The van der Waals surface area contributed by atoms with E-state index in [1.54, 1.807) is 0 Å². The molecule has 0 aromatic rings. The molecule has 0 rings (SSSR count). The summed E-state index contributed by atoms with van der Waals surface area (Å²) >= 11 is 0. The Labute approximate surface area is 50.9 Å². The predicted octanol–water partition coefficient (Wildman–Crippen LogP) is 1.93. The van der Waals surface area contributed by atoms with Gasteiger partial charge in [0.05, 0.1) is 0 Å². The van der Waals surface area contributed by atoms with Crippen LogP contribution in [0.2, 0.25) is 0 Å². The zero-order valence-electron chi connectivity index (χ0n) is 5.52. The van der Waals surface area contributed by atoms with E-state index in [0.29, 0.717) is 0 Å². The topological polar surface area (TPSA) is 52.1 Å². The molecule has 0 aromatic carbocycles. The van der Waals surface area contributed by atoms with Crippen LogP contribution in [0, 0.1) is 0 Å². The van der Waals surface area contributed by atoms with Crippen LogP contribution in [-0.4, -0.2) is 6.29 Å². The highest BCUT2D eigenvalue weighted by Gasteiger charge is 1.80. The fourth-order valence-electron chi connectivity index (χ4n) is 0.478. The molecule has 3 N–H and O–H groups in total. The highest BCUT2D eigenvalue weighted by molar-refractivity contribution is 5.48. The van der Waals surface area contributed by atoms with E-state index in [1.807, 2.05) is 0 Å². The molecule has 0 aliphatic carbocycles. The smallest absolute Gasteiger partial charge is 0.119 e. The summed E-state index contributed by atoms with van der Waals surface area (Å²) in [6.45, 7) is 2.13. The Bertz CT molecular complexity index is 45.8. The van der Waals surface area contributed by atoms with Crippen molar-refractivity contribution in [3.63, 3.8) is 0 Å². The van der Waals surface area contributed by atoms with Gasteiger partial charge >= 0.3 is 0 Å². The minimum absolute atomic E-state index is 0. The molecule has 8 heavy (non-hydrogen) atoms. The maximum absolute atomic E-state index is 9.68. The van der Waals surface area contributed by atoms with Crippen LogP contribution in [0.4, 0.5) is 0 Å². The number of carbonyl (C=O) groups excluding carboxylic acids is 1. The van der Waals surface area contributed by atoms with E-state index >= 15 is 0 Å². The second-order valence-electron chi connectivity index (χ2n) is 1.66. The summed E-state index contributed by atoms with van der Waals surface area (Å²) < 4.78 is 0. The molecule has 0 saturated heterocycles. The Morgan fingerprint density at radius 1 is 1.38 bits per heavy atom. The Morgan fingerprint density at radius 2 is 2.00 bits per heavy atom. The molecule has 0 heterocycles. The molecule has 0 saturated carbocycles. The molecule has 0 unspecified atom stereocenters. The Kier molecular flexibility index (Phi) is 13.0. The SMILES string of the molecule is CCCCCC=O.N. The molecule has 50 valence electrons. The van der Waals surface area contributed by atoms with E-state index in [2.05, 4.69) is 6.92 Å². The number of hydrogen-bond donors (Lipinski definition) is 1. The summed E-state index contributed by atoms with van der Waals surface area (Å²) in [5.41, 5.74) is 0. The number of hydrogen-bond acceptors (Lipinski definition) is 2. The Hall–Kier alpha value is -0.370. The summed E-state index contributed by atoms with van der Waals surface area (Å²) in [6, 6.07) is 0. The van der Waals surface area contributed by atoms with Gasteiger partial charge in [-0.25, -0.2) is 0 Å². The molecule has 0 aliphatic rings. The van der Waals surface area contributed by atoms with Gasteiger partial charge in [0.15, 0.2) is 0 Å². The number of carbonyl (C=O) groups is 1. The molecule has 0 fully saturated rings. The highest BCUT2D eigenvalue weighted by Crippen LogP contribution is 1.94. The average Bonchev–Trinajstić information content (AvgIpc) is 1.69. The lowest BCUT2D eigenvalue weighted by Gasteiger charge is -1.85. The van der Waals surface area contributed by atoms with E-state index in [4.69, 9.17) is 0 Å². The lowest BCUT2D eigenvalue weighted by molar-refractivity contribution is -0.107. The van der Waals surface area contributed by atoms with Gasteiger partial charge in [0.25, 0.3) is 0 Å². The summed E-state index contributed by atoms with van der Waals surface area (Å²) in [6.07, 6.45) is 5.19. The maximum atomic E-state index is 9.68. The molecular weight excluding hydrogens is 102 g/mol. The van der Waals surface area contributed by atoms with Gasteiger partial charge in [0.1, 0.15) is 6.29 Å². The fraction of sp³-hybridized carbons (Fsp3) is 0.833. The molecule has 0 aromatic heterocycles. The second kappa shape index (κ2) is 9.80. The number of unbranched alkanes of at least 4 members (excludes halogenated alkanes) is 3. The molecule has 2 heteroatoms. The van der Waals surface area contributed by atoms with Gasteiger partial charge in [-0.15, -0.1) is 0 Å². The van der Waals surface area contributed by atoms with E-state index in [-0.39, 0.29) is 6.15 Å². The van der Waals surface area contributed by atoms with Crippen LogP contribution in [-0.2, 0) is 4.79 Å². The third-order valence-corrected chi connectivity index (χ3v) is 0.926. The van der Waals surface area contributed by atoms with Crippen molar-refractivity contribution in [1.29, 1.82) is 0 Å². The largest absolute Gasteiger partial charge is 0.344 e. The van der Waals surface area contributed by atoms with Crippen molar-refractivity contribution in [3.05, 3.63) is 0 Å². The standard InChI is InChI=1S/C6H12O.H3N/c1-2-3-4-5-6-7;/h6H,2-5H2,1H3;1H3. The van der Waals surface area contributed by atoms with Crippen LogP contribution in [0.1, 0.15) is 32.6 Å². The number of rotatable bonds is 4. The van der Waals surface area contributed by atoms with Crippen molar-refractivity contribution in [3.8, 4) is 0 Å². The van der Waals surface area contributed by atoms with Crippen molar-refractivity contribution in [1.82, 2.24) is 6.15 Å². The Morgan fingerprint density at radius 3 is 2.38 bits per heavy atom. The van der Waals surface area contributed by atoms with Crippen LogP contribution in [0.25, 0.3) is 0 Å². The molecule has 0 aliphatic heterocycles. The van der Waals surface area contributed by atoms with Crippen LogP contribution in [0.15, 0.2) is 0 Å². The lowest BCUT2D eigenvalue weighted by atomic mass is 10.2. The monoisotopic (exact) mass is 117 g/mol. The second-order valence-corrected chi connectivity index (χ2v) is 1.66. The van der Waals surface area contributed by atoms with Gasteiger partial charge in [-0.05, 0) is 6.42 Å². The third kappa shape index (κ3) is 9.16. The molecule has 2 nitrogen and oxygen atoms in total. The summed E-state index contributed by atoms with van der Waals surface area (Å²) in [7, 11) is 0. The first-order valence-corrected chi connectivity index (χ1v) is 2.85. The van der Waals surface area contributed by atoms with Gasteiger partial charge < -0.3 is 10.9 Å². The first-order valence-electron chi connectivity index (χ1n) is 2.85. The summed E-state index contributed by atoms with van der Waals surface area (Å²) in [5.74, 6) is 0. The van der Waals surface area contributed by atoms with Crippen molar-refractivity contribution >= 4 is 6.29 Å². The zero-order valence-corrected chi connectivity index (χ0v) is 5.52. The van der Waals surface area contributed by atoms with Crippen molar-refractivity contribution in [2.45, 2.75) is 32.6 Å². The summed E-state index contributed by atoms with van der Waals surface area (Å²) in [4.78, 5) is 9.68. The first kappa shape index (κ1) is 10.6. The maximum Gasteiger partial charge on any atom is 0.119 e. The minimum atomic E-state index is 0. The van der Waals surface area contributed by atoms with Gasteiger partial charge in [0, 0.05) is 6.42 Å². The highest BCUT2D eigenvalue weighted by atomic mass is 16.1. The first-order chi connectivity index (χ1) is 3.41. The van der Waals surface area contributed by atoms with Crippen LogP contribution < -0.4 is 6.15 Å².